The summed E-state index contributed by atoms with van der Waals surface area (Å²) in [5, 5.41) is 2.46. The van der Waals surface area contributed by atoms with E-state index in [4.69, 9.17) is 9.47 Å². The minimum absolute atomic E-state index is 0.0412. The molecule has 0 aliphatic carbocycles. The second-order valence-corrected chi connectivity index (χ2v) is 13.8. The number of nitrogens with zero attached hydrogens (tertiary/aromatic N) is 2. The van der Waals surface area contributed by atoms with Crippen LogP contribution in [-0.4, -0.2) is 65.3 Å². The molecule has 0 fully saturated rings. The lowest BCUT2D eigenvalue weighted by Crippen LogP contribution is -2.47. The molecule has 1 N–H and O–H groups in total. The SMILES string of the molecule is CN(C)S(=O)(=O)C[C@H]1CN(S(=O)(=O)c2cccc(C(F)(F)F)c2)c2cc(NC(=O)OC(C)(C)C)ccc2O1. The Balaban J connectivity index is 2.08. The number of anilines is 2. The number of nitrogens with one attached hydrogen (secondary N) is 1. The summed E-state index contributed by atoms with van der Waals surface area (Å²) in [4.78, 5) is 11.6. The van der Waals surface area contributed by atoms with Crippen LogP contribution in [0.5, 0.6) is 5.75 Å². The third kappa shape index (κ3) is 6.88. The molecule has 210 valence electrons. The van der Waals surface area contributed by atoms with Gasteiger partial charge in [-0.05, 0) is 57.2 Å². The highest BCUT2D eigenvalue weighted by Crippen LogP contribution is 2.40. The average molecular weight is 580 g/mol. The number of carbonyl (C=O) groups excluding carboxylic acids is 1. The van der Waals surface area contributed by atoms with Crippen molar-refractivity contribution in [1.29, 1.82) is 0 Å². The third-order valence-corrected chi connectivity index (χ3v) is 8.92. The lowest BCUT2D eigenvalue weighted by molar-refractivity contribution is -0.137. The smallest absolute Gasteiger partial charge is 0.416 e. The zero-order valence-electron chi connectivity index (χ0n) is 21.2. The van der Waals surface area contributed by atoms with Crippen molar-refractivity contribution in [2.75, 3.05) is 36.0 Å². The minimum atomic E-state index is -4.79. The number of ether oxygens (including phenoxy) is 2. The Labute approximate surface area is 219 Å². The zero-order chi connectivity index (χ0) is 28.7. The Kier molecular flexibility index (Phi) is 7.97. The molecule has 1 aliphatic heterocycles. The van der Waals surface area contributed by atoms with Gasteiger partial charge in [-0.3, -0.25) is 9.62 Å². The van der Waals surface area contributed by atoms with Crippen LogP contribution in [0.1, 0.15) is 26.3 Å². The zero-order valence-corrected chi connectivity index (χ0v) is 22.9. The van der Waals surface area contributed by atoms with Crippen LogP contribution in [0.15, 0.2) is 47.4 Å². The molecule has 0 bridgehead atoms. The molecular weight excluding hydrogens is 551 g/mol. The van der Waals surface area contributed by atoms with E-state index in [9.17, 15) is 34.8 Å². The summed E-state index contributed by atoms with van der Waals surface area (Å²) in [6.45, 7) is 4.43. The molecule has 0 radical (unpaired) electrons. The molecule has 10 nitrogen and oxygen atoms in total. The van der Waals surface area contributed by atoms with Gasteiger partial charge < -0.3 is 9.47 Å². The van der Waals surface area contributed by atoms with E-state index < -0.39 is 66.8 Å². The summed E-state index contributed by atoms with van der Waals surface area (Å²) in [6, 6.07) is 7.17. The molecule has 3 rings (SSSR count). The Morgan fingerprint density at radius 2 is 1.76 bits per heavy atom. The Morgan fingerprint density at radius 3 is 2.34 bits per heavy atom. The molecule has 0 unspecified atom stereocenters. The summed E-state index contributed by atoms with van der Waals surface area (Å²) in [5.74, 6) is -0.633. The topological polar surface area (TPSA) is 122 Å². The number of halogens is 3. The van der Waals surface area contributed by atoms with Crippen LogP contribution in [0.25, 0.3) is 0 Å². The van der Waals surface area contributed by atoms with Crippen LogP contribution in [-0.2, 0) is 31.0 Å². The van der Waals surface area contributed by atoms with E-state index in [2.05, 4.69) is 5.32 Å². The van der Waals surface area contributed by atoms with Crippen molar-refractivity contribution in [2.45, 2.75) is 43.5 Å². The van der Waals surface area contributed by atoms with E-state index in [1.54, 1.807) is 20.8 Å². The summed E-state index contributed by atoms with van der Waals surface area (Å²) < 4.78 is 105. The van der Waals surface area contributed by atoms with Crippen LogP contribution >= 0.6 is 0 Å². The van der Waals surface area contributed by atoms with Crippen LogP contribution in [0.3, 0.4) is 0 Å². The molecule has 1 aliphatic rings. The monoisotopic (exact) mass is 579 g/mol. The third-order valence-electron chi connectivity index (χ3n) is 5.24. The summed E-state index contributed by atoms with van der Waals surface area (Å²) in [5.41, 5.74) is -1.97. The summed E-state index contributed by atoms with van der Waals surface area (Å²) >= 11 is 0. The standard InChI is InChI=1S/C23H28F3N3O7S2/c1-22(2,3)36-21(30)27-16-9-10-20-19(12-16)29(13-17(35-20)14-37(31,32)28(4)5)38(33,34)18-8-6-7-15(11-18)23(24,25)26/h6-12,17H,13-14H2,1-5H3,(H,27,30)/t17-/m1/s1. The molecule has 0 aromatic heterocycles. The highest BCUT2D eigenvalue weighted by atomic mass is 32.2. The number of alkyl halides is 3. The fourth-order valence-electron chi connectivity index (χ4n) is 3.47. The predicted molar refractivity (Wildman–Crippen MR) is 134 cm³/mol. The summed E-state index contributed by atoms with van der Waals surface area (Å²) in [6.07, 6.45) is -6.79. The number of carbonyl (C=O) groups is 1. The first-order valence-electron chi connectivity index (χ1n) is 11.2. The molecule has 0 saturated carbocycles. The minimum Gasteiger partial charge on any atom is -0.485 e. The van der Waals surface area contributed by atoms with Crippen molar-refractivity contribution in [2.24, 2.45) is 0 Å². The van der Waals surface area contributed by atoms with Gasteiger partial charge in [0.2, 0.25) is 10.0 Å². The van der Waals surface area contributed by atoms with Gasteiger partial charge in [-0.2, -0.15) is 13.2 Å². The highest BCUT2D eigenvalue weighted by molar-refractivity contribution is 7.93. The van der Waals surface area contributed by atoms with Crippen molar-refractivity contribution in [1.82, 2.24) is 4.31 Å². The van der Waals surface area contributed by atoms with Crippen LogP contribution in [0, 0.1) is 0 Å². The Hall–Kier alpha value is -3.04. The number of hydrogen-bond acceptors (Lipinski definition) is 7. The van der Waals surface area contributed by atoms with Crippen LogP contribution in [0.4, 0.5) is 29.3 Å². The second kappa shape index (κ2) is 10.3. The highest BCUT2D eigenvalue weighted by Gasteiger charge is 2.39. The number of sulfonamides is 2. The van der Waals surface area contributed by atoms with Gasteiger partial charge in [0.1, 0.15) is 23.2 Å². The molecular formula is C23H28F3N3O7S2. The Bertz CT molecular complexity index is 1420. The van der Waals surface area contributed by atoms with Crippen LogP contribution in [0.2, 0.25) is 0 Å². The predicted octanol–water partition coefficient (Wildman–Crippen LogP) is 3.90. The van der Waals surface area contributed by atoms with Crippen molar-refractivity contribution < 1.29 is 44.3 Å². The molecule has 0 saturated heterocycles. The molecule has 2 aromatic carbocycles. The number of rotatable bonds is 6. The van der Waals surface area contributed by atoms with E-state index >= 15 is 0 Å². The molecule has 2 aromatic rings. The lowest BCUT2D eigenvalue weighted by atomic mass is 10.2. The van der Waals surface area contributed by atoms with Crippen molar-refractivity contribution >= 4 is 37.5 Å². The first-order valence-corrected chi connectivity index (χ1v) is 14.3. The average Bonchev–Trinajstić information content (AvgIpc) is 2.76. The van der Waals surface area contributed by atoms with Crippen LogP contribution < -0.4 is 14.4 Å². The van der Waals surface area contributed by atoms with Gasteiger partial charge in [0, 0.05) is 19.8 Å². The largest absolute Gasteiger partial charge is 0.485 e. The van der Waals surface area contributed by atoms with E-state index in [1.165, 1.54) is 32.3 Å². The van der Waals surface area contributed by atoms with Gasteiger partial charge in [-0.1, -0.05) is 6.07 Å². The molecule has 1 heterocycles. The number of amides is 1. The molecule has 1 amide bonds. The van der Waals surface area contributed by atoms with E-state index in [1.807, 2.05) is 0 Å². The van der Waals surface area contributed by atoms with Crippen molar-refractivity contribution in [3.8, 4) is 5.75 Å². The van der Waals surface area contributed by atoms with E-state index in [0.717, 1.165) is 26.8 Å². The molecule has 38 heavy (non-hydrogen) atoms. The van der Waals surface area contributed by atoms with Gasteiger partial charge in [-0.15, -0.1) is 0 Å². The maximum Gasteiger partial charge on any atom is 0.416 e. The van der Waals surface area contributed by atoms with E-state index in [-0.39, 0.29) is 17.1 Å². The van der Waals surface area contributed by atoms with E-state index in [0.29, 0.717) is 6.07 Å². The first kappa shape index (κ1) is 29.5. The normalized spacial score (nSPS) is 16.6. The maximum absolute atomic E-state index is 13.6. The summed E-state index contributed by atoms with van der Waals surface area (Å²) in [7, 11) is -5.87. The van der Waals surface area contributed by atoms with Gasteiger partial charge in [0.25, 0.3) is 10.0 Å². The fraction of sp³-hybridized carbons (Fsp3) is 0.435. The van der Waals surface area contributed by atoms with Gasteiger partial charge in [0.05, 0.1) is 22.7 Å². The van der Waals surface area contributed by atoms with Gasteiger partial charge >= 0.3 is 12.3 Å². The number of benzene rings is 2. The van der Waals surface area contributed by atoms with Gasteiger partial charge in [-0.25, -0.2) is 25.9 Å². The van der Waals surface area contributed by atoms with Crippen molar-refractivity contribution in [3.63, 3.8) is 0 Å². The quantitative estimate of drug-likeness (QED) is 0.551. The number of fused-ring (bicyclic) bond motifs is 1. The molecule has 1 atom stereocenters. The fourth-order valence-corrected chi connectivity index (χ4v) is 5.96. The first-order chi connectivity index (χ1) is 17.3. The molecule has 0 spiro atoms. The number of hydrogen-bond donors (Lipinski definition) is 1. The Morgan fingerprint density at radius 1 is 1.11 bits per heavy atom. The van der Waals surface area contributed by atoms with Gasteiger partial charge in [0.15, 0.2) is 0 Å². The van der Waals surface area contributed by atoms with Crippen molar-refractivity contribution in [3.05, 3.63) is 48.0 Å². The second-order valence-electron chi connectivity index (χ2n) is 9.67. The maximum atomic E-state index is 13.6. The lowest BCUT2D eigenvalue weighted by Gasteiger charge is -2.36. The molecule has 15 heteroatoms.